The number of hydrogen-bond donors (Lipinski definition) is 1. The van der Waals surface area contributed by atoms with E-state index in [0.717, 1.165) is 10.2 Å². The molecular formula is C7H17NO5Si. The van der Waals surface area contributed by atoms with E-state index in [9.17, 15) is 4.79 Å². The van der Waals surface area contributed by atoms with Crippen LogP contribution in [-0.2, 0) is 18.9 Å². The zero-order valence-electron chi connectivity index (χ0n) is 8.90. The summed E-state index contributed by atoms with van der Waals surface area (Å²) in [7, 11) is 5.05. The van der Waals surface area contributed by atoms with Crippen molar-refractivity contribution in [2.75, 3.05) is 21.3 Å². The van der Waals surface area contributed by atoms with E-state index in [2.05, 4.69) is 0 Å². The molecule has 0 saturated carbocycles. The van der Waals surface area contributed by atoms with Crippen molar-refractivity contribution in [3.63, 3.8) is 0 Å². The molecule has 0 aliphatic heterocycles. The SMILES string of the molecule is COC(C[SiH3])C(OC)(OC)OC(N)=O. The van der Waals surface area contributed by atoms with E-state index in [1.165, 1.54) is 21.3 Å². The number of hydrogen-bond acceptors (Lipinski definition) is 5. The molecule has 0 aliphatic carbocycles. The van der Waals surface area contributed by atoms with Crippen LogP contribution < -0.4 is 5.73 Å². The minimum absolute atomic E-state index is 0.475. The highest BCUT2D eigenvalue weighted by Crippen LogP contribution is 2.22. The third kappa shape index (κ3) is 2.95. The normalized spacial score (nSPS) is 13.9. The molecule has 0 bridgehead atoms. The molecule has 0 radical (unpaired) electrons. The zero-order chi connectivity index (χ0) is 11.2. The van der Waals surface area contributed by atoms with Crippen LogP contribution in [0, 0.1) is 0 Å². The molecule has 0 saturated heterocycles. The van der Waals surface area contributed by atoms with E-state index in [-0.39, 0.29) is 0 Å². The maximum atomic E-state index is 10.7. The molecule has 0 aromatic rings. The summed E-state index contributed by atoms with van der Waals surface area (Å²) in [5.74, 6) is -1.54. The fourth-order valence-corrected chi connectivity index (χ4v) is 2.03. The molecule has 0 aromatic heterocycles. The molecule has 1 unspecified atom stereocenters. The Morgan fingerprint density at radius 3 is 2.14 bits per heavy atom. The molecule has 1 atom stereocenters. The molecule has 1 amide bonds. The van der Waals surface area contributed by atoms with Gasteiger partial charge in [-0.2, -0.15) is 0 Å². The molecule has 14 heavy (non-hydrogen) atoms. The number of primary amides is 1. The van der Waals surface area contributed by atoms with Gasteiger partial charge in [0, 0.05) is 31.6 Å². The fourth-order valence-electron chi connectivity index (χ4n) is 1.20. The Kier molecular flexibility index (Phi) is 5.70. The summed E-state index contributed by atoms with van der Waals surface area (Å²) < 4.78 is 19.9. The Bertz CT molecular complexity index is 181. The zero-order valence-corrected chi connectivity index (χ0v) is 10.9. The average Bonchev–Trinajstić information content (AvgIpc) is 2.17. The van der Waals surface area contributed by atoms with Crippen LogP contribution in [0.3, 0.4) is 0 Å². The molecule has 0 spiro atoms. The first kappa shape index (κ1) is 13.4. The van der Waals surface area contributed by atoms with Gasteiger partial charge in [0.2, 0.25) is 0 Å². The monoisotopic (exact) mass is 223 g/mol. The van der Waals surface area contributed by atoms with Gasteiger partial charge in [-0.3, -0.25) is 0 Å². The molecule has 0 rings (SSSR count). The van der Waals surface area contributed by atoms with Gasteiger partial charge in [-0.1, -0.05) is 0 Å². The Morgan fingerprint density at radius 1 is 1.43 bits per heavy atom. The van der Waals surface area contributed by atoms with E-state index >= 15 is 0 Å². The number of amides is 1. The summed E-state index contributed by atoms with van der Waals surface area (Å²) in [6, 6.07) is 0.686. The summed E-state index contributed by atoms with van der Waals surface area (Å²) >= 11 is 0. The van der Waals surface area contributed by atoms with Crippen molar-refractivity contribution >= 4 is 16.3 Å². The Balaban J connectivity index is 4.73. The number of methoxy groups -OCH3 is 3. The quantitative estimate of drug-likeness (QED) is 0.453. The highest BCUT2D eigenvalue weighted by atomic mass is 28.1. The third-order valence-electron chi connectivity index (χ3n) is 1.86. The average molecular weight is 223 g/mol. The largest absolute Gasteiger partial charge is 0.408 e. The standard InChI is InChI=1S/C7H17NO5Si/c1-10-5(4-14)7(11-2,12-3)13-6(8)9/h5H,4H2,1-3,14H3,(H2,8,9). The highest BCUT2D eigenvalue weighted by Gasteiger charge is 2.43. The molecule has 0 aromatic carbocycles. The van der Waals surface area contributed by atoms with Gasteiger partial charge in [-0.25, -0.2) is 4.79 Å². The summed E-state index contributed by atoms with van der Waals surface area (Å²) in [4.78, 5) is 10.7. The maximum absolute atomic E-state index is 10.7. The van der Waals surface area contributed by atoms with Crippen LogP contribution in [0.2, 0.25) is 6.04 Å². The van der Waals surface area contributed by atoms with E-state index in [4.69, 9.17) is 24.7 Å². The van der Waals surface area contributed by atoms with Gasteiger partial charge in [-0.05, 0) is 6.04 Å². The van der Waals surface area contributed by atoms with E-state index in [1.54, 1.807) is 0 Å². The van der Waals surface area contributed by atoms with E-state index in [1.807, 2.05) is 0 Å². The van der Waals surface area contributed by atoms with Crippen molar-refractivity contribution in [2.24, 2.45) is 5.73 Å². The second-order valence-corrected chi connectivity index (χ2v) is 3.38. The van der Waals surface area contributed by atoms with Crippen LogP contribution in [0.4, 0.5) is 4.79 Å². The Labute approximate surface area is 86.1 Å². The third-order valence-corrected chi connectivity index (χ3v) is 2.60. The maximum Gasteiger partial charge on any atom is 0.408 e. The molecule has 2 N–H and O–H groups in total. The van der Waals surface area contributed by atoms with Gasteiger partial charge < -0.3 is 24.7 Å². The second kappa shape index (κ2) is 5.97. The minimum Gasteiger partial charge on any atom is -0.389 e. The molecule has 7 heteroatoms. The van der Waals surface area contributed by atoms with Crippen LogP contribution in [0.5, 0.6) is 0 Å². The first-order chi connectivity index (χ1) is 6.56. The highest BCUT2D eigenvalue weighted by molar-refractivity contribution is 6.08. The van der Waals surface area contributed by atoms with Crippen LogP contribution in [0.25, 0.3) is 0 Å². The van der Waals surface area contributed by atoms with Crippen LogP contribution in [-0.4, -0.2) is 49.7 Å². The van der Waals surface area contributed by atoms with Crippen molar-refractivity contribution in [1.29, 1.82) is 0 Å². The van der Waals surface area contributed by atoms with Crippen molar-refractivity contribution in [1.82, 2.24) is 0 Å². The first-order valence-electron chi connectivity index (χ1n) is 4.17. The molecule has 0 fully saturated rings. The molecule has 6 nitrogen and oxygen atoms in total. The minimum atomic E-state index is -1.54. The smallest absolute Gasteiger partial charge is 0.389 e. The first-order valence-corrected chi connectivity index (χ1v) is 5.59. The fraction of sp³-hybridized carbons (Fsp3) is 0.857. The van der Waals surface area contributed by atoms with Crippen molar-refractivity contribution < 1.29 is 23.7 Å². The second-order valence-electron chi connectivity index (χ2n) is 2.57. The van der Waals surface area contributed by atoms with Gasteiger partial charge in [0.1, 0.15) is 6.10 Å². The lowest BCUT2D eigenvalue weighted by molar-refractivity contribution is -0.371. The summed E-state index contributed by atoms with van der Waals surface area (Å²) in [5.41, 5.74) is 4.91. The lowest BCUT2D eigenvalue weighted by Gasteiger charge is -2.34. The van der Waals surface area contributed by atoms with E-state index in [0.29, 0.717) is 6.04 Å². The van der Waals surface area contributed by atoms with Gasteiger partial charge in [-0.15, -0.1) is 0 Å². The predicted molar refractivity (Wildman–Crippen MR) is 53.0 cm³/mol. The molecule has 0 heterocycles. The van der Waals surface area contributed by atoms with Gasteiger partial charge in [0.05, 0.1) is 0 Å². The van der Waals surface area contributed by atoms with Crippen molar-refractivity contribution in [3.8, 4) is 0 Å². The number of ether oxygens (including phenoxy) is 4. The summed E-state index contributed by atoms with van der Waals surface area (Å²) in [6.07, 6.45) is -1.44. The lowest BCUT2D eigenvalue weighted by Crippen LogP contribution is -2.51. The van der Waals surface area contributed by atoms with Gasteiger partial charge in [0.25, 0.3) is 0 Å². The topological polar surface area (TPSA) is 80.0 Å². The van der Waals surface area contributed by atoms with Gasteiger partial charge in [0.15, 0.2) is 0 Å². The van der Waals surface area contributed by atoms with Crippen LogP contribution in [0.15, 0.2) is 0 Å². The van der Waals surface area contributed by atoms with Gasteiger partial charge >= 0.3 is 12.1 Å². The predicted octanol–water partition coefficient (Wildman–Crippen LogP) is -1.17. The lowest BCUT2D eigenvalue weighted by atomic mass is 10.3. The summed E-state index contributed by atoms with van der Waals surface area (Å²) in [6.45, 7) is 0. The Hall–Kier alpha value is -0.633. The number of carbonyl (C=O) groups excluding carboxylic acids is 1. The van der Waals surface area contributed by atoms with Crippen LogP contribution in [0.1, 0.15) is 0 Å². The van der Waals surface area contributed by atoms with Crippen molar-refractivity contribution in [3.05, 3.63) is 0 Å². The number of nitrogens with two attached hydrogens (primary N) is 1. The molecular weight excluding hydrogens is 206 g/mol. The number of carbonyl (C=O) groups is 1. The van der Waals surface area contributed by atoms with E-state index < -0.39 is 18.2 Å². The Morgan fingerprint density at radius 2 is 1.93 bits per heavy atom. The molecule has 0 aliphatic rings. The summed E-state index contributed by atoms with van der Waals surface area (Å²) in [5, 5.41) is 0. The molecule has 84 valence electrons. The van der Waals surface area contributed by atoms with Crippen LogP contribution >= 0.6 is 0 Å². The van der Waals surface area contributed by atoms with Crippen molar-refractivity contribution in [2.45, 2.75) is 18.1 Å². The number of rotatable bonds is 6.